The fraction of sp³-hybridized carbons (Fsp3) is 0.520. The van der Waals surface area contributed by atoms with Crippen LogP contribution in [-0.2, 0) is 4.79 Å². The van der Waals surface area contributed by atoms with Crippen molar-refractivity contribution in [2.24, 2.45) is 10.9 Å². The number of aliphatic carboxylic acids is 1. The van der Waals surface area contributed by atoms with Crippen molar-refractivity contribution in [3.8, 4) is 0 Å². The summed E-state index contributed by atoms with van der Waals surface area (Å²) in [6.45, 7) is 8.46. The van der Waals surface area contributed by atoms with E-state index >= 15 is 0 Å². The van der Waals surface area contributed by atoms with Crippen LogP contribution in [0.4, 0.5) is 8.78 Å². The Kier molecular flexibility index (Phi) is 8.56. The van der Waals surface area contributed by atoms with Gasteiger partial charge in [-0.15, -0.1) is 0 Å². The number of carboxylic acid groups (broad SMARTS) is 1. The summed E-state index contributed by atoms with van der Waals surface area (Å²) in [6.07, 6.45) is 7.87. The van der Waals surface area contributed by atoms with Crippen LogP contribution in [0.5, 0.6) is 0 Å². The Labute approximate surface area is 188 Å². The Hall–Kier alpha value is -2.54. The lowest BCUT2D eigenvalue weighted by Gasteiger charge is -2.44. The third kappa shape index (κ3) is 6.73. The molecule has 0 bridgehead atoms. The summed E-state index contributed by atoms with van der Waals surface area (Å²) in [6, 6.07) is 2.77. The average molecular weight is 446 g/mol. The van der Waals surface area contributed by atoms with E-state index in [1.165, 1.54) is 17.7 Å². The van der Waals surface area contributed by atoms with Crippen LogP contribution >= 0.6 is 0 Å². The topological polar surface area (TPSA) is 64.9 Å². The van der Waals surface area contributed by atoms with Gasteiger partial charge in [-0.25, -0.2) is 13.8 Å². The quantitative estimate of drug-likeness (QED) is 0.362. The molecule has 32 heavy (non-hydrogen) atoms. The first-order valence-electron chi connectivity index (χ1n) is 11.4. The van der Waals surface area contributed by atoms with Gasteiger partial charge in [0.15, 0.2) is 0 Å². The van der Waals surface area contributed by atoms with Gasteiger partial charge in [-0.2, -0.15) is 0 Å². The zero-order valence-electron chi connectivity index (χ0n) is 18.7. The van der Waals surface area contributed by atoms with Gasteiger partial charge in [-0.3, -0.25) is 9.69 Å². The molecule has 1 saturated heterocycles. The molecule has 0 unspecified atom stereocenters. The normalized spacial score (nSPS) is 18.8. The molecule has 0 radical (unpaired) electrons. The molecular weight excluding hydrogens is 412 g/mol. The number of benzene rings is 1. The van der Waals surface area contributed by atoms with E-state index in [4.69, 9.17) is 4.99 Å². The van der Waals surface area contributed by atoms with Crippen LogP contribution in [0.3, 0.4) is 0 Å². The van der Waals surface area contributed by atoms with E-state index in [0.717, 1.165) is 75.8 Å². The first kappa shape index (κ1) is 24.1. The first-order valence-corrected chi connectivity index (χ1v) is 11.4. The third-order valence-electron chi connectivity index (χ3n) is 6.28. The maximum atomic E-state index is 13.6. The summed E-state index contributed by atoms with van der Waals surface area (Å²) < 4.78 is 27.3. The molecule has 1 aromatic rings. The highest BCUT2D eigenvalue weighted by Crippen LogP contribution is 2.34. The first-order chi connectivity index (χ1) is 15.4. The van der Waals surface area contributed by atoms with Crippen molar-refractivity contribution in [2.45, 2.75) is 57.9 Å². The summed E-state index contributed by atoms with van der Waals surface area (Å²) in [5.41, 5.74) is 2.67. The molecule has 2 N–H and O–H groups in total. The molecule has 174 valence electrons. The smallest absolute Gasteiger partial charge is 0.305 e. The molecule has 2 aliphatic heterocycles. The zero-order valence-corrected chi connectivity index (χ0v) is 18.7. The van der Waals surface area contributed by atoms with Crippen molar-refractivity contribution in [1.82, 2.24) is 10.2 Å². The minimum atomic E-state index is -0.975. The van der Waals surface area contributed by atoms with Crippen molar-refractivity contribution in [3.05, 3.63) is 59.4 Å². The van der Waals surface area contributed by atoms with Crippen molar-refractivity contribution < 1.29 is 18.7 Å². The number of carbonyl (C=O) groups is 1. The number of allylic oxidation sites excluding steroid dienone is 2. The number of hydrogen-bond donors (Lipinski definition) is 2. The van der Waals surface area contributed by atoms with Crippen LogP contribution in [-0.4, -0.2) is 41.3 Å². The molecule has 5 nitrogen and oxygen atoms in total. The van der Waals surface area contributed by atoms with E-state index in [1.54, 1.807) is 0 Å². The van der Waals surface area contributed by atoms with Crippen molar-refractivity contribution in [1.29, 1.82) is 0 Å². The molecule has 2 aliphatic rings. The number of halogens is 2. The van der Waals surface area contributed by atoms with Gasteiger partial charge < -0.3 is 10.4 Å². The third-order valence-corrected chi connectivity index (χ3v) is 6.28. The highest BCUT2D eigenvalue weighted by Gasteiger charge is 2.34. The monoisotopic (exact) mass is 445 g/mol. The second kappa shape index (κ2) is 11.4. The SMILES string of the molecule is C=C/C(CCCCC1CN([C@@H](CC(=O)O)c2cc(F)cc(F)c2)C1)=N\C1=C(C)CCCN1. The van der Waals surface area contributed by atoms with Crippen LogP contribution in [0.2, 0.25) is 0 Å². The van der Waals surface area contributed by atoms with Gasteiger partial charge in [0.2, 0.25) is 0 Å². The molecule has 7 heteroatoms. The van der Waals surface area contributed by atoms with E-state index < -0.39 is 23.6 Å². The summed E-state index contributed by atoms with van der Waals surface area (Å²) >= 11 is 0. The summed E-state index contributed by atoms with van der Waals surface area (Å²) in [7, 11) is 0. The summed E-state index contributed by atoms with van der Waals surface area (Å²) in [4.78, 5) is 18.1. The molecule has 1 atom stereocenters. The van der Waals surface area contributed by atoms with E-state index in [0.29, 0.717) is 11.5 Å². The molecule has 2 heterocycles. The average Bonchev–Trinajstić information content (AvgIpc) is 2.70. The predicted octanol–water partition coefficient (Wildman–Crippen LogP) is 5.21. The number of carboxylic acids is 1. The standard InChI is InChI=1S/C25H33F2N3O2/c1-3-22(29-25-17(2)7-6-10-28-25)9-5-4-8-18-15-30(16-18)23(14-24(31)32)19-11-20(26)13-21(27)12-19/h3,11-13,18,23,28H,1,4-10,14-16H2,2H3,(H,31,32)/b29-22+/t23-/m0/s1. The Morgan fingerprint density at radius 3 is 2.66 bits per heavy atom. The molecule has 0 saturated carbocycles. The molecule has 1 aromatic carbocycles. The molecule has 0 aromatic heterocycles. The molecular formula is C25H33F2N3O2. The maximum Gasteiger partial charge on any atom is 0.305 e. The van der Waals surface area contributed by atoms with Gasteiger partial charge in [0.05, 0.1) is 6.42 Å². The molecule has 0 spiro atoms. The fourth-order valence-electron chi connectivity index (χ4n) is 4.49. The van der Waals surface area contributed by atoms with Gasteiger partial charge >= 0.3 is 5.97 Å². The van der Waals surface area contributed by atoms with Gasteiger partial charge in [0.25, 0.3) is 0 Å². The van der Waals surface area contributed by atoms with Crippen LogP contribution in [0.1, 0.15) is 63.5 Å². The Morgan fingerprint density at radius 1 is 1.31 bits per heavy atom. The highest BCUT2D eigenvalue weighted by atomic mass is 19.1. The Bertz CT molecular complexity index is 871. The van der Waals surface area contributed by atoms with Gasteiger partial charge in [0, 0.05) is 37.5 Å². The fourth-order valence-corrected chi connectivity index (χ4v) is 4.49. The van der Waals surface area contributed by atoms with E-state index in [2.05, 4.69) is 18.8 Å². The van der Waals surface area contributed by atoms with Gasteiger partial charge in [-0.1, -0.05) is 13.0 Å². The van der Waals surface area contributed by atoms with Crippen LogP contribution in [0, 0.1) is 17.6 Å². The lowest BCUT2D eigenvalue weighted by molar-refractivity contribution is -0.139. The van der Waals surface area contributed by atoms with Crippen molar-refractivity contribution >= 4 is 11.7 Å². The molecule has 3 rings (SSSR count). The Morgan fingerprint density at radius 2 is 2.03 bits per heavy atom. The minimum absolute atomic E-state index is 0.169. The zero-order chi connectivity index (χ0) is 23.1. The van der Waals surface area contributed by atoms with Crippen LogP contribution < -0.4 is 5.32 Å². The van der Waals surface area contributed by atoms with Gasteiger partial charge in [-0.05, 0) is 74.3 Å². The van der Waals surface area contributed by atoms with Crippen LogP contribution in [0.15, 0.2) is 47.2 Å². The van der Waals surface area contributed by atoms with Crippen molar-refractivity contribution in [2.75, 3.05) is 19.6 Å². The number of hydrogen-bond acceptors (Lipinski definition) is 4. The second-order valence-electron chi connectivity index (χ2n) is 8.85. The van der Waals surface area contributed by atoms with E-state index in [9.17, 15) is 18.7 Å². The number of nitrogens with one attached hydrogen (secondary N) is 1. The molecule has 0 aliphatic carbocycles. The van der Waals surface area contributed by atoms with Crippen LogP contribution in [0.25, 0.3) is 0 Å². The predicted molar refractivity (Wildman–Crippen MR) is 122 cm³/mol. The minimum Gasteiger partial charge on any atom is -0.481 e. The largest absolute Gasteiger partial charge is 0.481 e. The Balaban J connectivity index is 1.46. The summed E-state index contributed by atoms with van der Waals surface area (Å²) in [5, 5.41) is 12.6. The lowest BCUT2D eigenvalue weighted by Crippen LogP contribution is -2.48. The number of likely N-dealkylation sites (tertiary alicyclic amines) is 1. The number of unbranched alkanes of at least 4 members (excludes halogenated alkanes) is 1. The molecule has 1 fully saturated rings. The number of nitrogens with zero attached hydrogens (tertiary/aromatic N) is 2. The van der Waals surface area contributed by atoms with E-state index in [-0.39, 0.29) is 6.42 Å². The van der Waals surface area contributed by atoms with E-state index in [1.807, 2.05) is 11.0 Å². The van der Waals surface area contributed by atoms with Crippen molar-refractivity contribution in [3.63, 3.8) is 0 Å². The molecule has 0 amide bonds. The highest BCUT2D eigenvalue weighted by molar-refractivity contribution is 5.95. The van der Waals surface area contributed by atoms with Gasteiger partial charge in [0.1, 0.15) is 17.5 Å². The second-order valence-corrected chi connectivity index (χ2v) is 8.85. The summed E-state index contributed by atoms with van der Waals surface area (Å²) in [5.74, 6) is -0.877. The lowest BCUT2D eigenvalue weighted by atomic mass is 9.89. The number of rotatable bonds is 11. The maximum absolute atomic E-state index is 13.6. The number of aliphatic imine (C=N–C) groups is 1.